The zero-order valence-electron chi connectivity index (χ0n) is 19.7. The smallest absolute Gasteiger partial charge is 0.333 e. The van der Waals surface area contributed by atoms with Crippen LogP contribution in [0.3, 0.4) is 0 Å². The normalized spacial score (nSPS) is 13.1. The zero-order chi connectivity index (χ0) is 25.2. The minimum Gasteiger partial charge on any atom is -0.463 e. The maximum atomic E-state index is 13.7. The van der Waals surface area contributed by atoms with Gasteiger partial charge in [0.1, 0.15) is 5.82 Å². The fourth-order valence-electron chi connectivity index (χ4n) is 4.04. The summed E-state index contributed by atoms with van der Waals surface area (Å²) in [6.07, 6.45) is 3.32. The van der Waals surface area contributed by atoms with Gasteiger partial charge in [0.15, 0.2) is 0 Å². The standard InChI is InChI=1S/C28H26FNO4S/c1-4-34-28(31)20(3)17-25(21-11-13-22(29)14-12-21)26-18-30(27-8-6-5-7-24(26)27)35(32,33)23-15-9-19(2)10-16-23/h5-18,25H,4H2,1-3H3/b20-17-. The molecule has 0 saturated carbocycles. The third-order valence-electron chi connectivity index (χ3n) is 5.86. The van der Waals surface area contributed by atoms with Crippen LogP contribution in [-0.2, 0) is 19.6 Å². The van der Waals surface area contributed by atoms with Crippen LogP contribution in [0.25, 0.3) is 10.9 Å². The van der Waals surface area contributed by atoms with Gasteiger partial charge in [-0.3, -0.25) is 0 Å². The summed E-state index contributed by atoms with van der Waals surface area (Å²) in [5.74, 6) is -1.36. The van der Waals surface area contributed by atoms with Crippen molar-refractivity contribution in [2.75, 3.05) is 6.61 Å². The lowest BCUT2D eigenvalue weighted by Gasteiger charge is -2.15. The molecule has 0 aliphatic rings. The Balaban J connectivity index is 1.95. The summed E-state index contributed by atoms with van der Waals surface area (Å²) in [6.45, 7) is 5.51. The number of aryl methyl sites for hydroxylation is 1. The van der Waals surface area contributed by atoms with Gasteiger partial charge in [-0.2, -0.15) is 0 Å². The molecule has 0 aliphatic heterocycles. The highest BCUT2D eigenvalue weighted by atomic mass is 32.2. The van der Waals surface area contributed by atoms with Crippen LogP contribution in [0.1, 0.15) is 36.5 Å². The van der Waals surface area contributed by atoms with E-state index in [4.69, 9.17) is 4.74 Å². The number of fused-ring (bicyclic) bond motifs is 1. The molecule has 180 valence electrons. The van der Waals surface area contributed by atoms with E-state index in [0.29, 0.717) is 27.6 Å². The highest BCUT2D eigenvalue weighted by molar-refractivity contribution is 7.90. The van der Waals surface area contributed by atoms with E-state index in [1.165, 1.54) is 16.1 Å². The number of carbonyl (C=O) groups excluding carboxylic acids is 1. The Morgan fingerprint density at radius 3 is 2.34 bits per heavy atom. The molecule has 0 fully saturated rings. The summed E-state index contributed by atoms with van der Waals surface area (Å²) in [5.41, 5.74) is 3.23. The van der Waals surface area contributed by atoms with Crippen LogP contribution in [0.15, 0.2) is 95.5 Å². The van der Waals surface area contributed by atoms with Gasteiger partial charge < -0.3 is 4.74 Å². The van der Waals surface area contributed by atoms with Crippen LogP contribution in [0.2, 0.25) is 0 Å². The van der Waals surface area contributed by atoms with E-state index in [2.05, 4.69) is 0 Å². The van der Waals surface area contributed by atoms with Gasteiger partial charge in [0.2, 0.25) is 0 Å². The number of halogens is 1. The van der Waals surface area contributed by atoms with Crippen LogP contribution in [-0.4, -0.2) is 25.0 Å². The number of benzene rings is 3. The Hall–Kier alpha value is -3.71. The molecule has 0 radical (unpaired) electrons. The first kappa shape index (κ1) is 24.4. The second-order valence-corrected chi connectivity index (χ2v) is 10.1. The molecule has 4 aromatic rings. The average Bonchev–Trinajstić information content (AvgIpc) is 3.24. The molecule has 0 bridgehead atoms. The predicted octanol–water partition coefficient (Wildman–Crippen LogP) is 5.97. The number of para-hydroxylation sites is 1. The Morgan fingerprint density at radius 2 is 1.69 bits per heavy atom. The molecule has 1 atom stereocenters. The molecule has 0 spiro atoms. The number of allylic oxidation sites excluding steroid dienone is 1. The lowest BCUT2D eigenvalue weighted by atomic mass is 9.89. The second kappa shape index (κ2) is 9.88. The topological polar surface area (TPSA) is 65.4 Å². The van der Waals surface area contributed by atoms with Crippen molar-refractivity contribution >= 4 is 26.9 Å². The SMILES string of the molecule is CCOC(=O)/C(C)=C\C(c1ccc(F)cc1)c1cn(S(=O)(=O)c2ccc(C)cc2)c2ccccc12. The molecule has 0 saturated heterocycles. The van der Waals surface area contributed by atoms with Crippen molar-refractivity contribution in [3.63, 3.8) is 0 Å². The van der Waals surface area contributed by atoms with Crippen molar-refractivity contribution < 1.29 is 22.3 Å². The quantitative estimate of drug-likeness (QED) is 0.236. The fourth-order valence-corrected chi connectivity index (χ4v) is 5.42. The molecule has 0 aliphatic carbocycles. The number of hydrogen-bond donors (Lipinski definition) is 0. The Kier molecular flexibility index (Phi) is 6.89. The maximum absolute atomic E-state index is 13.7. The molecule has 0 amide bonds. The van der Waals surface area contributed by atoms with Gasteiger partial charge >= 0.3 is 5.97 Å². The van der Waals surface area contributed by atoms with Crippen molar-refractivity contribution in [3.05, 3.63) is 113 Å². The molecule has 0 N–H and O–H groups in total. The summed E-state index contributed by atoms with van der Waals surface area (Å²) in [6, 6.07) is 19.8. The van der Waals surface area contributed by atoms with Crippen LogP contribution >= 0.6 is 0 Å². The summed E-state index contributed by atoms with van der Waals surface area (Å²) >= 11 is 0. The highest BCUT2D eigenvalue weighted by Crippen LogP contribution is 2.36. The van der Waals surface area contributed by atoms with Crippen molar-refractivity contribution in [1.29, 1.82) is 0 Å². The van der Waals surface area contributed by atoms with Gasteiger partial charge in [-0.15, -0.1) is 0 Å². The average molecular weight is 492 g/mol. The number of aromatic nitrogens is 1. The first-order valence-corrected chi connectivity index (χ1v) is 12.7. The minimum absolute atomic E-state index is 0.173. The number of carbonyl (C=O) groups is 1. The molecule has 35 heavy (non-hydrogen) atoms. The number of hydrogen-bond acceptors (Lipinski definition) is 4. The lowest BCUT2D eigenvalue weighted by Crippen LogP contribution is -2.12. The number of rotatable bonds is 7. The highest BCUT2D eigenvalue weighted by Gasteiger charge is 2.25. The van der Waals surface area contributed by atoms with E-state index in [-0.39, 0.29) is 17.3 Å². The van der Waals surface area contributed by atoms with Crippen LogP contribution in [0.4, 0.5) is 4.39 Å². The van der Waals surface area contributed by atoms with E-state index < -0.39 is 21.9 Å². The van der Waals surface area contributed by atoms with E-state index in [0.717, 1.165) is 5.56 Å². The minimum atomic E-state index is -3.89. The molecule has 1 heterocycles. The van der Waals surface area contributed by atoms with Crippen molar-refractivity contribution in [3.8, 4) is 0 Å². The van der Waals surface area contributed by atoms with Crippen molar-refractivity contribution in [2.45, 2.75) is 31.6 Å². The van der Waals surface area contributed by atoms with Gasteiger partial charge in [0.05, 0.1) is 17.0 Å². The Bertz CT molecular complexity index is 1500. The molecule has 7 heteroatoms. The van der Waals surface area contributed by atoms with Gasteiger partial charge in [-0.05, 0) is 62.2 Å². The largest absolute Gasteiger partial charge is 0.463 e. The first-order chi connectivity index (χ1) is 16.7. The van der Waals surface area contributed by atoms with Crippen LogP contribution < -0.4 is 0 Å². The maximum Gasteiger partial charge on any atom is 0.333 e. The molecule has 5 nitrogen and oxygen atoms in total. The van der Waals surface area contributed by atoms with Crippen molar-refractivity contribution in [2.24, 2.45) is 0 Å². The summed E-state index contributed by atoms with van der Waals surface area (Å²) in [5, 5.41) is 0.713. The first-order valence-electron chi connectivity index (χ1n) is 11.3. The molecule has 1 aromatic heterocycles. The molecule has 3 aromatic carbocycles. The van der Waals surface area contributed by atoms with Crippen molar-refractivity contribution in [1.82, 2.24) is 3.97 Å². The molecule has 1 unspecified atom stereocenters. The summed E-state index contributed by atoms with van der Waals surface area (Å²) < 4.78 is 47.3. The van der Waals surface area contributed by atoms with Gasteiger partial charge in [0, 0.05) is 23.1 Å². The number of ether oxygens (including phenoxy) is 1. The van der Waals surface area contributed by atoms with Crippen LogP contribution in [0, 0.1) is 12.7 Å². The van der Waals surface area contributed by atoms with E-state index >= 15 is 0 Å². The monoisotopic (exact) mass is 491 g/mol. The number of nitrogens with zero attached hydrogens (tertiary/aromatic N) is 1. The third-order valence-corrected chi connectivity index (χ3v) is 7.55. The van der Waals surface area contributed by atoms with Gasteiger partial charge in [0.25, 0.3) is 10.0 Å². The second-order valence-electron chi connectivity index (χ2n) is 8.31. The molecule has 4 rings (SSSR count). The Labute approximate surface area is 204 Å². The van der Waals surface area contributed by atoms with Crippen LogP contribution in [0.5, 0.6) is 0 Å². The fraction of sp³-hybridized carbons (Fsp3) is 0.179. The van der Waals surface area contributed by atoms with E-state index in [9.17, 15) is 17.6 Å². The lowest BCUT2D eigenvalue weighted by molar-refractivity contribution is -0.138. The zero-order valence-corrected chi connectivity index (χ0v) is 20.6. The summed E-state index contributed by atoms with van der Waals surface area (Å²) in [7, 11) is -3.89. The van der Waals surface area contributed by atoms with Gasteiger partial charge in [-0.25, -0.2) is 21.6 Å². The molecular formula is C28H26FNO4S. The summed E-state index contributed by atoms with van der Waals surface area (Å²) in [4.78, 5) is 12.6. The molecular weight excluding hydrogens is 465 g/mol. The predicted molar refractivity (Wildman–Crippen MR) is 134 cm³/mol. The van der Waals surface area contributed by atoms with E-state index in [1.807, 2.05) is 19.1 Å². The third kappa shape index (κ3) is 4.91. The van der Waals surface area contributed by atoms with Gasteiger partial charge in [-0.1, -0.05) is 54.1 Å². The Morgan fingerprint density at radius 1 is 1.03 bits per heavy atom. The number of esters is 1. The van der Waals surface area contributed by atoms with E-state index in [1.54, 1.807) is 74.7 Å².